The molecule has 386 valence electrons. The molecule has 0 rings (SSSR count). The van der Waals surface area contributed by atoms with Gasteiger partial charge in [0.1, 0.15) is 0 Å². The van der Waals surface area contributed by atoms with Crippen molar-refractivity contribution in [2.24, 2.45) is 0 Å². The van der Waals surface area contributed by atoms with Gasteiger partial charge in [0, 0.05) is 6.42 Å². The molecule has 2 unspecified atom stereocenters. The predicted octanol–water partition coefficient (Wildman–Crippen LogP) is 19.3. The topological polar surface area (TPSA) is 69.6 Å². The number of hydrogen-bond donors (Lipinski definition) is 3. The Morgan fingerprint density at radius 3 is 1.04 bits per heavy atom. The molecule has 0 heterocycles. The molecule has 2 atom stereocenters. The van der Waals surface area contributed by atoms with Crippen molar-refractivity contribution in [1.82, 2.24) is 5.32 Å². The van der Waals surface area contributed by atoms with E-state index in [1.807, 2.05) is 6.08 Å². The van der Waals surface area contributed by atoms with E-state index in [-0.39, 0.29) is 12.5 Å². The van der Waals surface area contributed by atoms with Crippen molar-refractivity contribution in [2.45, 2.75) is 289 Å². The third-order valence-corrected chi connectivity index (χ3v) is 12.8. The summed E-state index contributed by atoms with van der Waals surface area (Å²) in [6, 6.07) is -0.648. The third-order valence-electron chi connectivity index (χ3n) is 12.8. The Morgan fingerprint density at radius 1 is 0.373 bits per heavy atom. The van der Waals surface area contributed by atoms with Crippen LogP contribution in [0.4, 0.5) is 0 Å². The van der Waals surface area contributed by atoms with E-state index in [2.05, 4.69) is 104 Å². The number of carbonyl (C=O) groups is 1. The number of aliphatic hydroxyl groups excluding tert-OH is 2. The van der Waals surface area contributed by atoms with Crippen LogP contribution in [0.25, 0.3) is 0 Å². The van der Waals surface area contributed by atoms with Gasteiger partial charge in [0.2, 0.25) is 5.91 Å². The van der Waals surface area contributed by atoms with Crippen LogP contribution < -0.4 is 5.32 Å². The fourth-order valence-corrected chi connectivity index (χ4v) is 8.42. The molecule has 0 saturated heterocycles. The fraction of sp³-hybridized carbons (Fsp3) is 0.730. The Labute approximate surface area is 417 Å². The molecule has 1 amide bonds. The quantitative estimate of drug-likeness (QED) is 0.0420. The lowest BCUT2D eigenvalue weighted by Crippen LogP contribution is -2.45. The molecule has 0 aliphatic heterocycles. The number of unbranched alkanes of at least 4 members (excludes halogenated alkanes) is 31. The Morgan fingerprint density at radius 2 is 0.672 bits per heavy atom. The van der Waals surface area contributed by atoms with Gasteiger partial charge in [-0.05, 0) is 89.9 Å². The molecule has 0 fully saturated rings. The summed E-state index contributed by atoms with van der Waals surface area (Å²) in [5.41, 5.74) is 0. The van der Waals surface area contributed by atoms with Gasteiger partial charge in [0.25, 0.3) is 0 Å². The van der Waals surface area contributed by atoms with E-state index in [0.717, 1.165) is 70.6 Å². The molecular formula is C63H111NO3. The summed E-state index contributed by atoms with van der Waals surface area (Å²) in [7, 11) is 0. The first-order valence-electron chi connectivity index (χ1n) is 29.0. The standard InChI is InChI=1S/C63H111NO3/c1-3-5-7-9-11-13-15-17-19-21-23-24-25-26-27-28-29-30-31-32-33-34-35-36-37-38-39-40-41-43-45-47-49-51-53-55-57-59-63(67)64-61(60-65)62(66)58-56-54-52-50-48-46-44-42-22-20-18-16-14-12-10-8-6-4-2/h5,7,11,13,17,19,22-24,26-27,42,48,50,56,58,61-62,65-66H,3-4,6,8-10,12,14-16,18,20-21,25,28-41,43-47,49,51-55,57,59-60H2,1-2H3,(H,64,67)/b7-5-,13-11-,19-17-,24-23-,27-26-,42-22+,50-48+,58-56+. The van der Waals surface area contributed by atoms with E-state index < -0.39 is 12.1 Å². The van der Waals surface area contributed by atoms with Gasteiger partial charge in [0.05, 0.1) is 18.8 Å². The second-order valence-electron chi connectivity index (χ2n) is 19.3. The molecule has 0 aliphatic carbocycles. The van der Waals surface area contributed by atoms with E-state index in [1.165, 1.54) is 186 Å². The van der Waals surface area contributed by atoms with Crippen molar-refractivity contribution in [3.8, 4) is 0 Å². The number of hydrogen-bond acceptors (Lipinski definition) is 3. The summed E-state index contributed by atoms with van der Waals surface area (Å²) in [4.78, 5) is 12.5. The fourth-order valence-electron chi connectivity index (χ4n) is 8.42. The first-order valence-corrected chi connectivity index (χ1v) is 29.0. The number of amides is 1. The van der Waals surface area contributed by atoms with Crippen molar-refractivity contribution < 1.29 is 15.0 Å². The highest BCUT2D eigenvalue weighted by Gasteiger charge is 2.18. The minimum atomic E-state index is -0.873. The molecule has 0 spiro atoms. The van der Waals surface area contributed by atoms with Gasteiger partial charge in [-0.3, -0.25) is 4.79 Å². The van der Waals surface area contributed by atoms with E-state index >= 15 is 0 Å². The van der Waals surface area contributed by atoms with Crippen LogP contribution in [0.3, 0.4) is 0 Å². The average Bonchev–Trinajstić information content (AvgIpc) is 3.33. The Kier molecular flexibility index (Phi) is 55.3. The maximum Gasteiger partial charge on any atom is 0.220 e. The summed E-state index contributed by atoms with van der Waals surface area (Å²) in [6.45, 7) is 4.18. The number of nitrogens with one attached hydrogen (secondary N) is 1. The zero-order valence-corrected chi connectivity index (χ0v) is 44.4. The third kappa shape index (κ3) is 54.1. The van der Waals surface area contributed by atoms with Gasteiger partial charge < -0.3 is 15.5 Å². The van der Waals surface area contributed by atoms with Crippen molar-refractivity contribution in [2.75, 3.05) is 6.61 Å². The van der Waals surface area contributed by atoms with E-state index in [0.29, 0.717) is 6.42 Å². The lowest BCUT2D eigenvalue weighted by molar-refractivity contribution is -0.123. The van der Waals surface area contributed by atoms with E-state index in [4.69, 9.17) is 0 Å². The van der Waals surface area contributed by atoms with Crippen molar-refractivity contribution in [3.63, 3.8) is 0 Å². The molecule has 4 heteroatoms. The average molecular weight is 931 g/mol. The SMILES string of the molecule is CC/C=C\C/C=C\C/C=C\C/C=C\C/C=C\CCCCCCCCCCCCCCCCCCCCCCCC(=O)NC(CO)C(O)/C=C/CC/C=C/CC/C=C/CCCCCCCCCC. The highest BCUT2D eigenvalue weighted by molar-refractivity contribution is 5.76. The van der Waals surface area contributed by atoms with Gasteiger partial charge in [-0.2, -0.15) is 0 Å². The Balaban J connectivity index is 3.50. The van der Waals surface area contributed by atoms with Gasteiger partial charge in [-0.15, -0.1) is 0 Å². The molecule has 4 nitrogen and oxygen atoms in total. The number of aliphatic hydroxyl groups is 2. The molecule has 0 aromatic rings. The van der Waals surface area contributed by atoms with Crippen molar-refractivity contribution in [3.05, 3.63) is 97.2 Å². The smallest absolute Gasteiger partial charge is 0.220 e. The minimum Gasteiger partial charge on any atom is -0.394 e. The molecule has 0 aliphatic rings. The predicted molar refractivity (Wildman–Crippen MR) is 299 cm³/mol. The van der Waals surface area contributed by atoms with Crippen LogP contribution in [0.5, 0.6) is 0 Å². The van der Waals surface area contributed by atoms with Crippen LogP contribution in [0.15, 0.2) is 97.2 Å². The van der Waals surface area contributed by atoms with Gasteiger partial charge >= 0.3 is 0 Å². The van der Waals surface area contributed by atoms with Crippen molar-refractivity contribution >= 4 is 5.91 Å². The van der Waals surface area contributed by atoms with Gasteiger partial charge in [0.15, 0.2) is 0 Å². The number of allylic oxidation sites excluding steroid dienone is 15. The monoisotopic (exact) mass is 930 g/mol. The first kappa shape index (κ1) is 64.3. The van der Waals surface area contributed by atoms with Crippen molar-refractivity contribution in [1.29, 1.82) is 0 Å². The molecule has 0 aromatic carbocycles. The highest BCUT2D eigenvalue weighted by Crippen LogP contribution is 2.16. The Bertz CT molecular complexity index is 1240. The lowest BCUT2D eigenvalue weighted by Gasteiger charge is -2.19. The maximum atomic E-state index is 12.5. The number of rotatable bonds is 52. The molecule has 3 N–H and O–H groups in total. The first-order chi connectivity index (χ1) is 33.2. The molecule has 0 aromatic heterocycles. The normalized spacial score (nSPS) is 13.6. The zero-order chi connectivity index (χ0) is 48.5. The van der Waals surface area contributed by atoms with Crippen LogP contribution in [-0.2, 0) is 4.79 Å². The van der Waals surface area contributed by atoms with Crippen LogP contribution in [0, 0.1) is 0 Å². The van der Waals surface area contributed by atoms with Gasteiger partial charge in [-0.25, -0.2) is 0 Å². The summed E-state index contributed by atoms with van der Waals surface area (Å²) in [5.74, 6) is -0.0770. The summed E-state index contributed by atoms with van der Waals surface area (Å²) in [6.07, 6.45) is 85.8. The van der Waals surface area contributed by atoms with Crippen LogP contribution in [0.1, 0.15) is 277 Å². The molecule has 0 bridgehead atoms. The largest absolute Gasteiger partial charge is 0.394 e. The molecule has 0 saturated carbocycles. The zero-order valence-electron chi connectivity index (χ0n) is 44.4. The highest BCUT2D eigenvalue weighted by atomic mass is 16.3. The minimum absolute atomic E-state index is 0.0770. The lowest BCUT2D eigenvalue weighted by atomic mass is 10.0. The van der Waals surface area contributed by atoms with Crippen LogP contribution >= 0.6 is 0 Å². The molecule has 67 heavy (non-hydrogen) atoms. The van der Waals surface area contributed by atoms with Gasteiger partial charge in [-0.1, -0.05) is 278 Å². The molecule has 0 radical (unpaired) electrons. The Hall–Kier alpha value is -2.69. The molecular weight excluding hydrogens is 819 g/mol. The van der Waals surface area contributed by atoms with E-state index in [1.54, 1.807) is 6.08 Å². The van der Waals surface area contributed by atoms with Crippen LogP contribution in [0.2, 0.25) is 0 Å². The maximum absolute atomic E-state index is 12.5. The van der Waals surface area contributed by atoms with Crippen LogP contribution in [-0.4, -0.2) is 34.9 Å². The summed E-state index contributed by atoms with van der Waals surface area (Å²) in [5, 5.41) is 23.1. The summed E-state index contributed by atoms with van der Waals surface area (Å²) < 4.78 is 0. The van der Waals surface area contributed by atoms with E-state index in [9.17, 15) is 15.0 Å². The second kappa shape index (κ2) is 57.6. The second-order valence-corrected chi connectivity index (χ2v) is 19.3. The number of carbonyl (C=O) groups excluding carboxylic acids is 1. The summed E-state index contributed by atoms with van der Waals surface area (Å²) >= 11 is 0.